The maximum Gasteiger partial charge on any atom is 0.243 e. The number of nitrogens with one attached hydrogen (secondary N) is 1. The summed E-state index contributed by atoms with van der Waals surface area (Å²) in [4.78, 5) is 12.5. The van der Waals surface area contributed by atoms with E-state index in [1.807, 2.05) is 0 Å². The van der Waals surface area contributed by atoms with Gasteiger partial charge in [0.05, 0.1) is 11.3 Å². The third-order valence-corrected chi connectivity index (χ3v) is 7.54. The third kappa shape index (κ3) is 5.92. The summed E-state index contributed by atoms with van der Waals surface area (Å²) in [6.45, 7) is 6.11. The Labute approximate surface area is 180 Å². The van der Waals surface area contributed by atoms with Crippen LogP contribution in [0.1, 0.15) is 55.7 Å². The van der Waals surface area contributed by atoms with Crippen molar-refractivity contribution in [3.63, 3.8) is 0 Å². The zero-order chi connectivity index (χ0) is 21.6. The number of nitrogens with zero attached hydrogens (tertiary/aromatic N) is 1. The standard InChI is InChI=1S/C24H32N2O3S/c1-19(2)22-10-6-20(7-11-22)14-15-25-24(27)18-21-8-12-23(13-9-21)30(28,29)26-16-4-3-5-17-26/h6-13,19H,3-5,14-18H2,1-2H3,(H,25,27). The van der Waals surface area contributed by atoms with Crippen LogP contribution in [0.5, 0.6) is 0 Å². The average molecular weight is 429 g/mol. The van der Waals surface area contributed by atoms with E-state index in [4.69, 9.17) is 0 Å². The first-order valence-corrected chi connectivity index (χ1v) is 12.2. The molecule has 0 atom stereocenters. The van der Waals surface area contributed by atoms with Crippen LogP contribution in [0, 0.1) is 0 Å². The first kappa shape index (κ1) is 22.5. The minimum atomic E-state index is -3.43. The van der Waals surface area contributed by atoms with E-state index in [0.717, 1.165) is 31.2 Å². The number of sulfonamides is 1. The molecule has 2 aromatic rings. The van der Waals surface area contributed by atoms with Crippen LogP contribution >= 0.6 is 0 Å². The molecule has 0 aromatic heterocycles. The van der Waals surface area contributed by atoms with Gasteiger partial charge in [-0.3, -0.25) is 4.79 Å². The van der Waals surface area contributed by atoms with Gasteiger partial charge in [-0.2, -0.15) is 4.31 Å². The van der Waals surface area contributed by atoms with Gasteiger partial charge >= 0.3 is 0 Å². The molecule has 0 bridgehead atoms. The molecule has 1 aliphatic heterocycles. The van der Waals surface area contributed by atoms with Crippen molar-refractivity contribution in [3.05, 3.63) is 65.2 Å². The second-order valence-corrected chi connectivity index (χ2v) is 10.2. The Kier molecular flexibility index (Phi) is 7.67. The maximum absolute atomic E-state index is 12.7. The van der Waals surface area contributed by atoms with Crippen LogP contribution in [0.25, 0.3) is 0 Å². The smallest absolute Gasteiger partial charge is 0.243 e. The van der Waals surface area contributed by atoms with E-state index in [-0.39, 0.29) is 12.3 Å². The SMILES string of the molecule is CC(C)c1ccc(CCNC(=O)Cc2ccc(S(=O)(=O)N3CCCCC3)cc2)cc1. The van der Waals surface area contributed by atoms with Crippen molar-refractivity contribution in [2.45, 2.75) is 56.8 Å². The quantitative estimate of drug-likeness (QED) is 0.694. The molecule has 162 valence electrons. The fourth-order valence-electron chi connectivity index (χ4n) is 3.70. The molecule has 1 amide bonds. The highest BCUT2D eigenvalue weighted by Crippen LogP contribution is 2.21. The van der Waals surface area contributed by atoms with Crippen molar-refractivity contribution in [2.24, 2.45) is 0 Å². The normalized spacial score (nSPS) is 15.3. The van der Waals surface area contributed by atoms with Crippen LogP contribution in [0.2, 0.25) is 0 Å². The van der Waals surface area contributed by atoms with Gasteiger partial charge in [0, 0.05) is 19.6 Å². The van der Waals surface area contributed by atoms with E-state index in [2.05, 4.69) is 43.4 Å². The average Bonchev–Trinajstić information content (AvgIpc) is 2.75. The predicted molar refractivity (Wildman–Crippen MR) is 120 cm³/mol. The molecule has 1 heterocycles. The summed E-state index contributed by atoms with van der Waals surface area (Å²) >= 11 is 0. The Bertz CT molecular complexity index is 929. The largest absolute Gasteiger partial charge is 0.355 e. The van der Waals surface area contributed by atoms with Gasteiger partial charge in [-0.05, 0) is 54.0 Å². The highest BCUT2D eigenvalue weighted by atomic mass is 32.2. The Hall–Kier alpha value is -2.18. The Morgan fingerprint density at radius 3 is 2.13 bits per heavy atom. The second-order valence-electron chi connectivity index (χ2n) is 8.28. The number of piperidine rings is 1. The van der Waals surface area contributed by atoms with Gasteiger partial charge in [-0.25, -0.2) is 8.42 Å². The van der Waals surface area contributed by atoms with E-state index < -0.39 is 10.0 Å². The molecule has 1 N–H and O–H groups in total. The Morgan fingerprint density at radius 2 is 1.53 bits per heavy atom. The third-order valence-electron chi connectivity index (χ3n) is 5.62. The summed E-state index contributed by atoms with van der Waals surface area (Å²) in [5, 5.41) is 2.95. The summed E-state index contributed by atoms with van der Waals surface area (Å²) in [6, 6.07) is 15.2. The molecule has 0 radical (unpaired) electrons. The molecule has 0 aliphatic carbocycles. The van der Waals surface area contributed by atoms with E-state index >= 15 is 0 Å². The molecule has 1 saturated heterocycles. The molecule has 3 rings (SSSR count). The van der Waals surface area contributed by atoms with Gasteiger partial charge in [0.1, 0.15) is 0 Å². The van der Waals surface area contributed by atoms with Crippen LogP contribution in [0.3, 0.4) is 0 Å². The number of hydrogen-bond donors (Lipinski definition) is 1. The summed E-state index contributed by atoms with van der Waals surface area (Å²) in [6.07, 6.45) is 3.95. The zero-order valence-corrected chi connectivity index (χ0v) is 18.7. The topological polar surface area (TPSA) is 66.5 Å². The van der Waals surface area contributed by atoms with E-state index in [9.17, 15) is 13.2 Å². The minimum Gasteiger partial charge on any atom is -0.355 e. The van der Waals surface area contributed by atoms with Gasteiger partial charge < -0.3 is 5.32 Å². The summed E-state index contributed by atoms with van der Waals surface area (Å²) in [5.41, 5.74) is 3.33. The molecule has 1 fully saturated rings. The maximum atomic E-state index is 12.7. The predicted octanol–water partition coefficient (Wildman–Crippen LogP) is 3.89. The lowest BCUT2D eigenvalue weighted by Gasteiger charge is -2.25. The van der Waals surface area contributed by atoms with Gasteiger partial charge in [0.15, 0.2) is 0 Å². The molecule has 0 unspecified atom stereocenters. The lowest BCUT2D eigenvalue weighted by molar-refractivity contribution is -0.120. The van der Waals surface area contributed by atoms with Gasteiger partial charge in [-0.15, -0.1) is 0 Å². The molecule has 6 heteroatoms. The monoisotopic (exact) mass is 428 g/mol. The number of carbonyl (C=O) groups excluding carboxylic acids is 1. The van der Waals surface area contributed by atoms with Crippen molar-refractivity contribution >= 4 is 15.9 Å². The molecule has 0 spiro atoms. The molecule has 1 aliphatic rings. The summed E-state index contributed by atoms with van der Waals surface area (Å²) < 4.78 is 27.0. The molecule has 5 nitrogen and oxygen atoms in total. The number of benzene rings is 2. The molecular formula is C24H32N2O3S. The molecule has 0 saturated carbocycles. The highest BCUT2D eigenvalue weighted by molar-refractivity contribution is 7.89. The second kappa shape index (κ2) is 10.2. The van der Waals surface area contributed by atoms with Crippen molar-refractivity contribution in [1.29, 1.82) is 0 Å². The van der Waals surface area contributed by atoms with Gasteiger partial charge in [0.25, 0.3) is 0 Å². The van der Waals surface area contributed by atoms with E-state index in [1.165, 1.54) is 11.1 Å². The number of amides is 1. The number of rotatable bonds is 8. The van der Waals surface area contributed by atoms with Crippen LogP contribution in [-0.4, -0.2) is 38.3 Å². The van der Waals surface area contributed by atoms with E-state index in [1.54, 1.807) is 28.6 Å². The van der Waals surface area contributed by atoms with Gasteiger partial charge in [0.2, 0.25) is 15.9 Å². The fraction of sp³-hybridized carbons (Fsp3) is 0.458. The van der Waals surface area contributed by atoms with E-state index in [0.29, 0.717) is 30.4 Å². The minimum absolute atomic E-state index is 0.0551. The molecule has 2 aromatic carbocycles. The summed E-state index contributed by atoms with van der Waals surface area (Å²) in [5.74, 6) is 0.459. The number of carbonyl (C=O) groups is 1. The van der Waals surface area contributed by atoms with Crippen molar-refractivity contribution in [2.75, 3.05) is 19.6 Å². The Morgan fingerprint density at radius 1 is 0.933 bits per heavy atom. The Balaban J connectivity index is 1.48. The fourth-order valence-corrected chi connectivity index (χ4v) is 5.21. The number of hydrogen-bond acceptors (Lipinski definition) is 3. The van der Waals surface area contributed by atoms with Gasteiger partial charge in [-0.1, -0.05) is 56.7 Å². The lowest BCUT2D eigenvalue weighted by Crippen LogP contribution is -2.35. The van der Waals surface area contributed by atoms with Crippen molar-refractivity contribution in [3.8, 4) is 0 Å². The van der Waals surface area contributed by atoms with Crippen LogP contribution < -0.4 is 5.32 Å². The highest BCUT2D eigenvalue weighted by Gasteiger charge is 2.25. The van der Waals surface area contributed by atoms with Crippen LogP contribution in [0.15, 0.2) is 53.4 Å². The molecular weight excluding hydrogens is 396 g/mol. The lowest BCUT2D eigenvalue weighted by atomic mass is 10.0. The van der Waals surface area contributed by atoms with Crippen molar-refractivity contribution in [1.82, 2.24) is 9.62 Å². The van der Waals surface area contributed by atoms with Crippen LogP contribution in [0.4, 0.5) is 0 Å². The molecule has 30 heavy (non-hydrogen) atoms. The first-order chi connectivity index (χ1) is 14.4. The van der Waals surface area contributed by atoms with Crippen LogP contribution in [-0.2, 0) is 27.7 Å². The van der Waals surface area contributed by atoms with Crippen molar-refractivity contribution < 1.29 is 13.2 Å². The summed E-state index contributed by atoms with van der Waals surface area (Å²) in [7, 11) is -3.43. The zero-order valence-electron chi connectivity index (χ0n) is 17.9. The first-order valence-electron chi connectivity index (χ1n) is 10.8.